The Bertz CT molecular complexity index is 1130. The van der Waals surface area contributed by atoms with E-state index in [0.717, 1.165) is 11.3 Å². The summed E-state index contributed by atoms with van der Waals surface area (Å²) in [5.74, 6) is 0.764. The molecule has 0 unspecified atom stereocenters. The predicted molar refractivity (Wildman–Crippen MR) is 123 cm³/mol. The number of para-hydroxylation sites is 1. The van der Waals surface area contributed by atoms with Crippen LogP contribution in [0.3, 0.4) is 0 Å². The van der Waals surface area contributed by atoms with Gasteiger partial charge in [0, 0.05) is 18.7 Å². The summed E-state index contributed by atoms with van der Waals surface area (Å²) in [7, 11) is 0. The molecule has 0 aromatic heterocycles. The maximum Gasteiger partial charge on any atom is 0.229 e. The van der Waals surface area contributed by atoms with Crippen molar-refractivity contribution < 1.29 is 14.3 Å². The number of anilines is 2. The van der Waals surface area contributed by atoms with Crippen LogP contribution >= 0.6 is 11.6 Å². The fraction of sp³-hybridized carbons (Fsp3) is 0.200. The molecule has 0 bridgehead atoms. The zero-order chi connectivity index (χ0) is 22.0. The molecule has 5 nitrogen and oxygen atoms in total. The molecule has 1 aliphatic rings. The molecule has 1 aliphatic heterocycles. The number of aryl methyl sites for hydroxylation is 1. The highest BCUT2D eigenvalue weighted by atomic mass is 35.5. The summed E-state index contributed by atoms with van der Waals surface area (Å²) in [4.78, 5) is 26.7. The van der Waals surface area contributed by atoms with Gasteiger partial charge in [-0.15, -0.1) is 0 Å². The molecular weight excluding hydrogens is 412 g/mol. The van der Waals surface area contributed by atoms with E-state index in [4.69, 9.17) is 16.3 Å². The normalized spacial score (nSPS) is 15.8. The van der Waals surface area contributed by atoms with Gasteiger partial charge in [-0.1, -0.05) is 35.9 Å². The second kappa shape index (κ2) is 8.82. The molecule has 6 heteroatoms. The Hall–Kier alpha value is -3.31. The van der Waals surface area contributed by atoms with Crippen LogP contribution in [0.15, 0.2) is 66.7 Å². The summed E-state index contributed by atoms with van der Waals surface area (Å²) < 4.78 is 5.96. The van der Waals surface area contributed by atoms with E-state index in [1.807, 2.05) is 56.3 Å². The van der Waals surface area contributed by atoms with Gasteiger partial charge in [-0.05, 0) is 67.4 Å². The third-order valence-corrected chi connectivity index (χ3v) is 5.86. The molecule has 3 aromatic rings. The van der Waals surface area contributed by atoms with Gasteiger partial charge in [0.2, 0.25) is 11.8 Å². The van der Waals surface area contributed by atoms with Gasteiger partial charge < -0.3 is 15.0 Å². The zero-order valence-electron chi connectivity index (χ0n) is 17.4. The molecule has 0 saturated carbocycles. The molecule has 2 amide bonds. The largest absolute Gasteiger partial charge is 0.457 e. The van der Waals surface area contributed by atoms with Crippen molar-refractivity contribution in [2.45, 2.75) is 20.3 Å². The first-order chi connectivity index (χ1) is 14.9. The number of halogens is 1. The Morgan fingerprint density at radius 3 is 2.52 bits per heavy atom. The molecule has 1 fully saturated rings. The number of nitrogens with one attached hydrogen (secondary N) is 1. The van der Waals surface area contributed by atoms with Gasteiger partial charge in [0.05, 0.1) is 16.6 Å². The van der Waals surface area contributed by atoms with Gasteiger partial charge >= 0.3 is 0 Å². The lowest BCUT2D eigenvalue weighted by Gasteiger charge is -2.18. The number of carbonyl (C=O) groups is 2. The van der Waals surface area contributed by atoms with Crippen LogP contribution in [0.25, 0.3) is 0 Å². The molecule has 31 heavy (non-hydrogen) atoms. The number of ether oxygens (including phenoxy) is 1. The molecule has 1 heterocycles. The number of hydrogen-bond donors (Lipinski definition) is 1. The predicted octanol–water partition coefficient (Wildman–Crippen LogP) is 5.74. The van der Waals surface area contributed by atoms with E-state index < -0.39 is 5.92 Å². The van der Waals surface area contributed by atoms with E-state index in [1.54, 1.807) is 29.2 Å². The van der Waals surface area contributed by atoms with Crippen molar-refractivity contribution in [2.24, 2.45) is 5.92 Å². The minimum atomic E-state index is -0.436. The van der Waals surface area contributed by atoms with Gasteiger partial charge in [0.25, 0.3) is 0 Å². The molecule has 1 saturated heterocycles. The monoisotopic (exact) mass is 434 g/mol. The topological polar surface area (TPSA) is 58.6 Å². The summed E-state index contributed by atoms with van der Waals surface area (Å²) >= 11 is 6.21. The van der Waals surface area contributed by atoms with Crippen LogP contribution < -0.4 is 15.0 Å². The molecule has 0 spiro atoms. The highest BCUT2D eigenvalue weighted by molar-refractivity contribution is 6.33. The van der Waals surface area contributed by atoms with Crippen LogP contribution in [0.1, 0.15) is 17.5 Å². The van der Waals surface area contributed by atoms with Crippen LogP contribution in [0.5, 0.6) is 11.5 Å². The highest BCUT2D eigenvalue weighted by Crippen LogP contribution is 2.32. The van der Waals surface area contributed by atoms with Gasteiger partial charge in [-0.2, -0.15) is 0 Å². The van der Waals surface area contributed by atoms with Crippen molar-refractivity contribution in [2.75, 3.05) is 16.8 Å². The lowest BCUT2D eigenvalue weighted by Crippen LogP contribution is -2.28. The quantitative estimate of drug-likeness (QED) is 0.557. The fourth-order valence-electron chi connectivity index (χ4n) is 3.60. The Labute approximate surface area is 186 Å². The molecule has 0 radical (unpaired) electrons. The Morgan fingerprint density at radius 2 is 1.77 bits per heavy atom. The maximum atomic E-state index is 12.7. The minimum Gasteiger partial charge on any atom is -0.457 e. The standard InChI is InChI=1S/C25H23ClN2O3/c1-16-6-5-9-23(17(16)2)31-20-12-10-19(11-13-20)27-25(30)18-14-24(29)28(15-18)22-8-4-3-7-21(22)26/h3-13,18H,14-15H2,1-2H3,(H,27,30)/t18-/m1/s1. The number of hydrogen-bond acceptors (Lipinski definition) is 3. The average molecular weight is 435 g/mol. The molecule has 3 aromatic carbocycles. The Kier molecular flexibility index (Phi) is 5.96. The second-order valence-corrected chi connectivity index (χ2v) is 8.08. The van der Waals surface area contributed by atoms with E-state index in [1.165, 1.54) is 5.56 Å². The van der Waals surface area contributed by atoms with Crippen molar-refractivity contribution in [3.63, 3.8) is 0 Å². The van der Waals surface area contributed by atoms with Crippen molar-refractivity contribution in [3.8, 4) is 11.5 Å². The van der Waals surface area contributed by atoms with Crippen LogP contribution in [0, 0.1) is 19.8 Å². The van der Waals surface area contributed by atoms with Crippen LogP contribution in [0.2, 0.25) is 5.02 Å². The Morgan fingerprint density at radius 1 is 1.03 bits per heavy atom. The van der Waals surface area contributed by atoms with Crippen molar-refractivity contribution >= 4 is 34.8 Å². The minimum absolute atomic E-state index is 0.106. The highest BCUT2D eigenvalue weighted by Gasteiger charge is 2.35. The smallest absolute Gasteiger partial charge is 0.229 e. The average Bonchev–Trinajstić information content (AvgIpc) is 3.15. The molecule has 1 atom stereocenters. The zero-order valence-corrected chi connectivity index (χ0v) is 18.1. The first-order valence-electron chi connectivity index (χ1n) is 10.1. The van der Waals surface area contributed by atoms with E-state index >= 15 is 0 Å². The molecule has 0 aliphatic carbocycles. The van der Waals surface area contributed by atoms with Crippen LogP contribution in [-0.2, 0) is 9.59 Å². The van der Waals surface area contributed by atoms with Crippen molar-refractivity contribution in [1.82, 2.24) is 0 Å². The maximum absolute atomic E-state index is 12.7. The molecule has 1 N–H and O–H groups in total. The van der Waals surface area contributed by atoms with E-state index in [0.29, 0.717) is 28.7 Å². The summed E-state index contributed by atoms with van der Waals surface area (Å²) in [6.45, 7) is 4.37. The lowest BCUT2D eigenvalue weighted by molar-refractivity contribution is -0.122. The van der Waals surface area contributed by atoms with Gasteiger partial charge in [-0.3, -0.25) is 9.59 Å². The van der Waals surface area contributed by atoms with E-state index in [9.17, 15) is 9.59 Å². The van der Waals surface area contributed by atoms with E-state index in [-0.39, 0.29) is 18.2 Å². The SMILES string of the molecule is Cc1cccc(Oc2ccc(NC(=O)[C@@H]3CC(=O)N(c4ccccc4Cl)C3)cc2)c1C. The van der Waals surface area contributed by atoms with Gasteiger partial charge in [0.1, 0.15) is 11.5 Å². The van der Waals surface area contributed by atoms with Crippen molar-refractivity contribution in [3.05, 3.63) is 82.9 Å². The Balaban J connectivity index is 1.39. The van der Waals surface area contributed by atoms with Crippen molar-refractivity contribution in [1.29, 1.82) is 0 Å². The summed E-state index contributed by atoms with van der Waals surface area (Å²) in [6.07, 6.45) is 0.158. The fourth-order valence-corrected chi connectivity index (χ4v) is 3.84. The summed E-state index contributed by atoms with van der Waals surface area (Å²) in [5.41, 5.74) is 3.55. The molecule has 158 valence electrons. The third-order valence-electron chi connectivity index (χ3n) is 5.54. The molecular formula is C25H23ClN2O3. The van der Waals surface area contributed by atoms with Crippen LogP contribution in [-0.4, -0.2) is 18.4 Å². The van der Waals surface area contributed by atoms with E-state index in [2.05, 4.69) is 5.32 Å². The van der Waals surface area contributed by atoms with Gasteiger partial charge in [-0.25, -0.2) is 0 Å². The number of nitrogens with zero attached hydrogens (tertiary/aromatic N) is 1. The number of rotatable bonds is 5. The summed E-state index contributed by atoms with van der Waals surface area (Å²) in [6, 6.07) is 20.3. The number of carbonyl (C=O) groups excluding carboxylic acids is 2. The number of benzene rings is 3. The second-order valence-electron chi connectivity index (χ2n) is 7.67. The summed E-state index contributed by atoms with van der Waals surface area (Å²) in [5, 5.41) is 3.39. The number of amides is 2. The first kappa shape index (κ1) is 20.9. The first-order valence-corrected chi connectivity index (χ1v) is 10.5. The third kappa shape index (κ3) is 4.57. The van der Waals surface area contributed by atoms with Crippen LogP contribution in [0.4, 0.5) is 11.4 Å². The van der Waals surface area contributed by atoms with Gasteiger partial charge in [0.15, 0.2) is 0 Å². The molecule has 4 rings (SSSR count). The lowest BCUT2D eigenvalue weighted by atomic mass is 10.1.